The number of hydrogen-bond donors (Lipinski definition) is 0. The summed E-state index contributed by atoms with van der Waals surface area (Å²) in [6.45, 7) is 7.60. The van der Waals surface area contributed by atoms with Gasteiger partial charge in [0, 0.05) is 22.6 Å². The number of hydrogen-bond acceptors (Lipinski definition) is 4. The van der Waals surface area contributed by atoms with Gasteiger partial charge >= 0.3 is 6.18 Å². The summed E-state index contributed by atoms with van der Waals surface area (Å²) in [5, 5.41) is 5.42. The normalized spacial score (nSPS) is 12.0. The minimum atomic E-state index is -4.40. The Kier molecular flexibility index (Phi) is 6.37. The highest BCUT2D eigenvalue weighted by molar-refractivity contribution is 8.01. The zero-order chi connectivity index (χ0) is 23.9. The minimum Gasteiger partial charge on any atom is -0.217 e. The van der Waals surface area contributed by atoms with Crippen molar-refractivity contribution < 1.29 is 17.6 Å². The van der Waals surface area contributed by atoms with Gasteiger partial charge in [0.25, 0.3) is 0 Å². The maximum Gasteiger partial charge on any atom is 0.416 e. The lowest BCUT2D eigenvalue weighted by Crippen LogP contribution is -2.05. The Morgan fingerprint density at radius 1 is 1.03 bits per heavy atom. The quantitative estimate of drug-likeness (QED) is 0.210. The highest BCUT2D eigenvalue weighted by atomic mass is 32.2. The molecule has 172 valence electrons. The van der Waals surface area contributed by atoms with Crippen LogP contribution in [-0.4, -0.2) is 20.0 Å². The molecule has 4 aromatic rings. The van der Waals surface area contributed by atoms with Crippen molar-refractivity contribution in [3.8, 4) is 27.5 Å². The second-order valence-electron chi connectivity index (χ2n) is 7.91. The lowest BCUT2D eigenvalue weighted by Gasteiger charge is -2.11. The van der Waals surface area contributed by atoms with Gasteiger partial charge in [-0.2, -0.15) is 18.3 Å². The summed E-state index contributed by atoms with van der Waals surface area (Å²) in [5.41, 5.74) is 3.34. The summed E-state index contributed by atoms with van der Waals surface area (Å²) < 4.78 is 55.7. The first-order valence-electron chi connectivity index (χ1n) is 10.2. The SMILES string of the molecule is Cc1cc(C(F)(F)F)ccc1-c1nc(-n2cc(-c3cccc(F)c3)c(C)n2)sc1SC(C)C. The molecule has 9 heteroatoms. The van der Waals surface area contributed by atoms with Gasteiger partial charge in [-0.25, -0.2) is 14.1 Å². The van der Waals surface area contributed by atoms with E-state index in [4.69, 9.17) is 4.98 Å². The largest absolute Gasteiger partial charge is 0.416 e. The number of thioether (sulfide) groups is 1. The van der Waals surface area contributed by atoms with Gasteiger partial charge in [-0.3, -0.25) is 0 Å². The first-order valence-corrected chi connectivity index (χ1v) is 11.9. The molecule has 2 aromatic heterocycles. The molecule has 0 fully saturated rings. The van der Waals surface area contributed by atoms with E-state index in [1.807, 2.05) is 26.8 Å². The van der Waals surface area contributed by atoms with Crippen molar-refractivity contribution in [1.29, 1.82) is 0 Å². The van der Waals surface area contributed by atoms with Crippen LogP contribution >= 0.6 is 23.1 Å². The molecule has 0 aliphatic carbocycles. The highest BCUT2D eigenvalue weighted by Crippen LogP contribution is 2.42. The second kappa shape index (κ2) is 8.95. The van der Waals surface area contributed by atoms with Gasteiger partial charge in [0.15, 0.2) is 0 Å². The molecule has 33 heavy (non-hydrogen) atoms. The van der Waals surface area contributed by atoms with Crippen molar-refractivity contribution in [2.75, 3.05) is 0 Å². The summed E-state index contributed by atoms with van der Waals surface area (Å²) in [6, 6.07) is 10.0. The van der Waals surface area contributed by atoms with Gasteiger partial charge in [0.2, 0.25) is 5.13 Å². The predicted molar refractivity (Wildman–Crippen MR) is 126 cm³/mol. The predicted octanol–water partition coefficient (Wildman–Crippen LogP) is 7.94. The second-order valence-corrected chi connectivity index (χ2v) is 10.7. The first-order chi connectivity index (χ1) is 15.5. The van der Waals surface area contributed by atoms with E-state index < -0.39 is 11.7 Å². The molecule has 0 amide bonds. The molecule has 3 nitrogen and oxygen atoms in total. The third kappa shape index (κ3) is 4.99. The number of aryl methyl sites for hydroxylation is 2. The van der Waals surface area contributed by atoms with Crippen LogP contribution in [0.15, 0.2) is 52.9 Å². The molecule has 0 bridgehead atoms. The lowest BCUT2D eigenvalue weighted by atomic mass is 10.0. The summed E-state index contributed by atoms with van der Waals surface area (Å²) in [4.78, 5) is 4.76. The van der Waals surface area contributed by atoms with E-state index in [9.17, 15) is 17.6 Å². The minimum absolute atomic E-state index is 0.258. The molecule has 0 aliphatic heterocycles. The molecule has 2 aromatic carbocycles. The standard InChI is InChI=1S/C24H21F4N3S2/c1-13(2)32-22-21(19-9-8-17(10-14(19)3)24(26,27)28)29-23(33-22)31-12-20(15(4)30-31)16-6-5-7-18(25)11-16/h5-13H,1-4H3. The number of aromatic nitrogens is 3. The molecule has 0 N–H and O–H groups in total. The van der Waals surface area contributed by atoms with E-state index >= 15 is 0 Å². The molecular weight excluding hydrogens is 470 g/mol. The molecule has 0 unspecified atom stereocenters. The monoisotopic (exact) mass is 491 g/mol. The smallest absolute Gasteiger partial charge is 0.217 e. The number of benzene rings is 2. The molecule has 0 saturated heterocycles. The summed E-state index contributed by atoms with van der Waals surface area (Å²) in [6.07, 6.45) is -2.60. The zero-order valence-electron chi connectivity index (χ0n) is 18.4. The van der Waals surface area contributed by atoms with Crippen LogP contribution in [-0.2, 0) is 6.18 Å². The van der Waals surface area contributed by atoms with Crippen LogP contribution in [0.5, 0.6) is 0 Å². The fraction of sp³-hybridized carbons (Fsp3) is 0.250. The molecule has 2 heterocycles. The van der Waals surface area contributed by atoms with E-state index in [0.29, 0.717) is 27.5 Å². The van der Waals surface area contributed by atoms with Crippen molar-refractivity contribution in [2.45, 2.75) is 43.3 Å². The molecule has 4 rings (SSSR count). The van der Waals surface area contributed by atoms with Crippen molar-refractivity contribution >= 4 is 23.1 Å². The fourth-order valence-corrected chi connectivity index (χ4v) is 5.89. The molecule has 0 radical (unpaired) electrons. The van der Waals surface area contributed by atoms with Gasteiger partial charge in [0.1, 0.15) is 5.82 Å². The van der Waals surface area contributed by atoms with Gasteiger partial charge in [0.05, 0.1) is 21.2 Å². The molecule has 0 spiro atoms. The van der Waals surface area contributed by atoms with E-state index in [1.54, 1.807) is 35.6 Å². The van der Waals surface area contributed by atoms with Crippen LogP contribution in [0, 0.1) is 19.7 Å². The van der Waals surface area contributed by atoms with Crippen LogP contribution in [0.3, 0.4) is 0 Å². The van der Waals surface area contributed by atoms with Crippen LogP contribution in [0.1, 0.15) is 30.7 Å². The highest BCUT2D eigenvalue weighted by Gasteiger charge is 2.31. The van der Waals surface area contributed by atoms with E-state index in [0.717, 1.165) is 27.6 Å². The molecular formula is C24H21F4N3S2. The Balaban J connectivity index is 1.79. The van der Waals surface area contributed by atoms with Crippen molar-refractivity contribution in [2.24, 2.45) is 0 Å². The van der Waals surface area contributed by atoms with Gasteiger partial charge in [-0.05, 0) is 49.2 Å². The molecule has 0 aliphatic rings. The van der Waals surface area contributed by atoms with Crippen LogP contribution in [0.2, 0.25) is 0 Å². The van der Waals surface area contributed by atoms with Crippen LogP contribution < -0.4 is 0 Å². The first kappa shape index (κ1) is 23.5. The third-order valence-electron chi connectivity index (χ3n) is 4.97. The Hall–Kier alpha value is -2.65. The lowest BCUT2D eigenvalue weighted by molar-refractivity contribution is -0.137. The molecule has 0 atom stereocenters. The van der Waals surface area contributed by atoms with Crippen molar-refractivity contribution in [1.82, 2.24) is 14.8 Å². The van der Waals surface area contributed by atoms with Gasteiger partial charge in [-0.15, -0.1) is 11.8 Å². The Morgan fingerprint density at radius 2 is 1.79 bits per heavy atom. The average Bonchev–Trinajstić information content (AvgIpc) is 3.30. The number of nitrogens with zero attached hydrogens (tertiary/aromatic N) is 3. The van der Waals surface area contributed by atoms with Crippen LogP contribution in [0.25, 0.3) is 27.5 Å². The van der Waals surface area contributed by atoms with E-state index in [1.165, 1.54) is 29.5 Å². The third-order valence-corrected chi connectivity index (χ3v) is 7.22. The van der Waals surface area contributed by atoms with Crippen LogP contribution in [0.4, 0.5) is 17.6 Å². The maximum atomic E-state index is 13.7. The number of thiazole rings is 1. The summed E-state index contributed by atoms with van der Waals surface area (Å²) >= 11 is 3.04. The van der Waals surface area contributed by atoms with E-state index in [2.05, 4.69) is 5.10 Å². The van der Waals surface area contributed by atoms with Crippen molar-refractivity contribution in [3.63, 3.8) is 0 Å². The van der Waals surface area contributed by atoms with E-state index in [-0.39, 0.29) is 11.1 Å². The Bertz CT molecular complexity index is 1310. The fourth-order valence-electron chi connectivity index (χ4n) is 3.46. The Morgan fingerprint density at radius 3 is 2.42 bits per heavy atom. The van der Waals surface area contributed by atoms with Gasteiger partial charge < -0.3 is 0 Å². The number of alkyl halides is 3. The van der Waals surface area contributed by atoms with Crippen molar-refractivity contribution in [3.05, 3.63) is 71.3 Å². The maximum absolute atomic E-state index is 13.7. The summed E-state index contributed by atoms with van der Waals surface area (Å²) in [7, 11) is 0. The Labute approximate surface area is 197 Å². The summed E-state index contributed by atoms with van der Waals surface area (Å²) in [5.74, 6) is -0.329. The zero-order valence-corrected chi connectivity index (χ0v) is 20.0. The molecule has 0 saturated carbocycles. The number of rotatable bonds is 5. The average molecular weight is 492 g/mol. The topological polar surface area (TPSA) is 30.7 Å². The van der Waals surface area contributed by atoms with Gasteiger partial charge in [-0.1, -0.05) is 43.4 Å². The number of halogens is 4.